The number of anilines is 1. The molecule has 5 heteroatoms. The van der Waals surface area contributed by atoms with Crippen molar-refractivity contribution in [2.24, 2.45) is 5.92 Å². The van der Waals surface area contributed by atoms with E-state index in [9.17, 15) is 4.79 Å². The molecule has 1 aromatic heterocycles. The molecule has 4 nitrogen and oxygen atoms in total. The molecule has 1 rings (SSSR count). The maximum Gasteiger partial charge on any atom is 0.228 e. The molecule has 0 bridgehead atoms. The van der Waals surface area contributed by atoms with Crippen molar-refractivity contribution in [3.05, 3.63) is 24.4 Å². The number of thiocarbonyl (C=S) groups is 1. The molecule has 1 amide bonds. The monoisotopic (exact) mass is 223 g/mol. The van der Waals surface area contributed by atoms with Crippen LogP contribution >= 0.6 is 12.2 Å². The van der Waals surface area contributed by atoms with E-state index in [1.54, 1.807) is 32.2 Å². The number of hydrogen-bond donors (Lipinski definition) is 2. The van der Waals surface area contributed by atoms with Crippen molar-refractivity contribution in [3.8, 4) is 0 Å². The minimum absolute atomic E-state index is 0.0894. The highest BCUT2D eigenvalue weighted by atomic mass is 32.1. The van der Waals surface area contributed by atoms with Crippen molar-refractivity contribution < 1.29 is 4.79 Å². The molecule has 0 aliphatic rings. The van der Waals surface area contributed by atoms with Crippen LogP contribution in [0.4, 0.5) is 5.82 Å². The minimum atomic E-state index is -0.108. The summed E-state index contributed by atoms with van der Waals surface area (Å²) in [7, 11) is 0. The zero-order valence-corrected chi connectivity index (χ0v) is 9.47. The predicted octanol–water partition coefficient (Wildman–Crippen LogP) is 1.55. The van der Waals surface area contributed by atoms with E-state index in [4.69, 9.17) is 12.2 Å². The summed E-state index contributed by atoms with van der Waals surface area (Å²) < 4.78 is 0. The van der Waals surface area contributed by atoms with Crippen molar-refractivity contribution >= 4 is 29.1 Å². The summed E-state index contributed by atoms with van der Waals surface area (Å²) in [5, 5.41) is 5.66. The molecule has 0 unspecified atom stereocenters. The van der Waals surface area contributed by atoms with Crippen LogP contribution in [-0.4, -0.2) is 16.0 Å². The summed E-state index contributed by atoms with van der Waals surface area (Å²) in [6, 6.07) is 5.41. The molecule has 0 aliphatic heterocycles. The Morgan fingerprint density at radius 1 is 1.47 bits per heavy atom. The van der Waals surface area contributed by atoms with E-state index in [0.29, 0.717) is 5.82 Å². The largest absolute Gasteiger partial charge is 0.317 e. The van der Waals surface area contributed by atoms with E-state index in [1.165, 1.54) is 0 Å². The van der Waals surface area contributed by atoms with Crippen molar-refractivity contribution in [1.29, 1.82) is 0 Å². The Kier molecular flexibility index (Phi) is 4.17. The molecule has 80 valence electrons. The van der Waals surface area contributed by atoms with Gasteiger partial charge in [0.25, 0.3) is 0 Å². The minimum Gasteiger partial charge on any atom is -0.317 e. The van der Waals surface area contributed by atoms with Crippen molar-refractivity contribution in [2.75, 3.05) is 5.32 Å². The van der Waals surface area contributed by atoms with Crippen LogP contribution in [0.15, 0.2) is 24.4 Å². The Morgan fingerprint density at radius 3 is 2.73 bits per heavy atom. The second-order valence-corrected chi connectivity index (χ2v) is 3.72. The summed E-state index contributed by atoms with van der Waals surface area (Å²) in [5.41, 5.74) is 0. The lowest BCUT2D eigenvalue weighted by molar-refractivity contribution is -0.122. The number of rotatable bonds is 2. The van der Waals surface area contributed by atoms with Crippen molar-refractivity contribution in [3.63, 3.8) is 0 Å². The van der Waals surface area contributed by atoms with Gasteiger partial charge in [-0.2, -0.15) is 0 Å². The highest BCUT2D eigenvalue weighted by molar-refractivity contribution is 7.80. The van der Waals surface area contributed by atoms with Gasteiger partial charge in [0.1, 0.15) is 5.82 Å². The quantitative estimate of drug-likeness (QED) is 0.747. The maximum atomic E-state index is 11.3. The summed E-state index contributed by atoms with van der Waals surface area (Å²) in [5.74, 6) is 0.420. The van der Waals surface area contributed by atoms with Crippen LogP contribution in [0.3, 0.4) is 0 Å². The van der Waals surface area contributed by atoms with Gasteiger partial charge in [-0.25, -0.2) is 4.98 Å². The smallest absolute Gasteiger partial charge is 0.228 e. The lowest BCUT2D eigenvalue weighted by Crippen LogP contribution is -2.36. The van der Waals surface area contributed by atoms with Gasteiger partial charge >= 0.3 is 0 Å². The van der Waals surface area contributed by atoms with Gasteiger partial charge in [-0.3, -0.25) is 4.79 Å². The fraction of sp³-hybridized carbons (Fsp3) is 0.300. The van der Waals surface area contributed by atoms with Crippen LogP contribution in [0.25, 0.3) is 0 Å². The van der Waals surface area contributed by atoms with Gasteiger partial charge in [-0.1, -0.05) is 19.9 Å². The molecule has 0 saturated carbocycles. The number of amides is 1. The van der Waals surface area contributed by atoms with Crippen LogP contribution in [0, 0.1) is 5.92 Å². The third kappa shape index (κ3) is 4.03. The Hall–Kier alpha value is -1.49. The fourth-order valence-corrected chi connectivity index (χ4v) is 1.05. The second-order valence-electron chi connectivity index (χ2n) is 3.31. The standard InChI is InChI=1S/C10H13N3OS/c1-7(2)9(14)13-10(15)12-8-5-3-4-6-11-8/h3-7H,1-2H3,(H2,11,12,13,14,15). The van der Waals surface area contributed by atoms with Gasteiger partial charge in [0.15, 0.2) is 5.11 Å². The van der Waals surface area contributed by atoms with Crippen molar-refractivity contribution in [1.82, 2.24) is 10.3 Å². The number of carbonyl (C=O) groups is 1. The van der Waals surface area contributed by atoms with Gasteiger partial charge in [0.05, 0.1) is 0 Å². The molecule has 0 spiro atoms. The summed E-state index contributed by atoms with van der Waals surface area (Å²) >= 11 is 4.95. The Morgan fingerprint density at radius 2 is 2.20 bits per heavy atom. The van der Waals surface area contributed by atoms with E-state index >= 15 is 0 Å². The molecule has 0 fully saturated rings. The average Bonchev–Trinajstić information content (AvgIpc) is 2.18. The first-order valence-electron chi connectivity index (χ1n) is 4.62. The van der Waals surface area contributed by atoms with E-state index in [1.807, 2.05) is 6.07 Å². The molecule has 1 heterocycles. The Bertz CT molecular complexity index is 351. The van der Waals surface area contributed by atoms with Gasteiger partial charge < -0.3 is 10.6 Å². The number of nitrogens with zero attached hydrogens (tertiary/aromatic N) is 1. The first-order valence-corrected chi connectivity index (χ1v) is 5.03. The highest BCUT2D eigenvalue weighted by Crippen LogP contribution is 1.99. The molecular weight excluding hydrogens is 210 g/mol. The van der Waals surface area contributed by atoms with Crippen LogP contribution < -0.4 is 10.6 Å². The molecule has 0 aromatic carbocycles. The van der Waals surface area contributed by atoms with E-state index in [2.05, 4.69) is 15.6 Å². The molecule has 0 saturated heterocycles. The lowest BCUT2D eigenvalue weighted by atomic mass is 10.2. The highest BCUT2D eigenvalue weighted by Gasteiger charge is 2.08. The van der Waals surface area contributed by atoms with E-state index in [-0.39, 0.29) is 16.9 Å². The van der Waals surface area contributed by atoms with Gasteiger partial charge in [-0.15, -0.1) is 0 Å². The van der Waals surface area contributed by atoms with Crippen LogP contribution in [-0.2, 0) is 4.79 Å². The summed E-state index contributed by atoms with van der Waals surface area (Å²) in [6.45, 7) is 3.61. The molecule has 0 aliphatic carbocycles. The van der Waals surface area contributed by atoms with Gasteiger partial charge in [0, 0.05) is 12.1 Å². The first kappa shape index (κ1) is 11.6. The average molecular weight is 223 g/mol. The van der Waals surface area contributed by atoms with Crippen LogP contribution in [0.5, 0.6) is 0 Å². The van der Waals surface area contributed by atoms with Crippen molar-refractivity contribution in [2.45, 2.75) is 13.8 Å². The second kappa shape index (κ2) is 5.41. The molecule has 1 aromatic rings. The van der Waals surface area contributed by atoms with Crippen LogP contribution in [0.1, 0.15) is 13.8 Å². The number of carbonyl (C=O) groups excluding carboxylic acids is 1. The SMILES string of the molecule is CC(C)C(=O)NC(=S)Nc1ccccn1. The predicted molar refractivity (Wildman–Crippen MR) is 63.4 cm³/mol. The normalized spacial score (nSPS) is 9.80. The molecule has 2 N–H and O–H groups in total. The number of hydrogen-bond acceptors (Lipinski definition) is 3. The van der Waals surface area contributed by atoms with Crippen LogP contribution in [0.2, 0.25) is 0 Å². The zero-order valence-electron chi connectivity index (χ0n) is 8.65. The van der Waals surface area contributed by atoms with Gasteiger partial charge in [0.2, 0.25) is 5.91 Å². The zero-order chi connectivity index (χ0) is 11.3. The van der Waals surface area contributed by atoms with E-state index < -0.39 is 0 Å². The summed E-state index contributed by atoms with van der Waals surface area (Å²) in [4.78, 5) is 15.3. The number of aromatic nitrogens is 1. The van der Waals surface area contributed by atoms with Gasteiger partial charge in [-0.05, 0) is 24.4 Å². The third-order valence-electron chi connectivity index (χ3n) is 1.67. The molecule has 0 atom stereocenters. The third-order valence-corrected chi connectivity index (χ3v) is 1.87. The Labute approximate surface area is 94.1 Å². The molecule has 0 radical (unpaired) electrons. The fourth-order valence-electron chi connectivity index (χ4n) is 0.841. The maximum absolute atomic E-state index is 11.3. The molecular formula is C10H13N3OS. The number of pyridine rings is 1. The van der Waals surface area contributed by atoms with E-state index in [0.717, 1.165) is 0 Å². The lowest BCUT2D eigenvalue weighted by Gasteiger charge is -2.09. The topological polar surface area (TPSA) is 54.0 Å². The first-order chi connectivity index (χ1) is 7.09. The Balaban J connectivity index is 2.47. The summed E-state index contributed by atoms with van der Waals surface area (Å²) in [6.07, 6.45) is 1.65. The number of nitrogens with one attached hydrogen (secondary N) is 2. The molecule has 15 heavy (non-hydrogen) atoms.